The third-order valence-corrected chi connectivity index (χ3v) is 9.14. The summed E-state index contributed by atoms with van der Waals surface area (Å²) in [4.78, 5) is 56.6. The van der Waals surface area contributed by atoms with Crippen LogP contribution in [0.25, 0.3) is 0 Å². The van der Waals surface area contributed by atoms with E-state index in [9.17, 15) is 24.3 Å². The molecule has 0 fully saturated rings. The maximum absolute atomic E-state index is 14.2. The van der Waals surface area contributed by atoms with Crippen molar-refractivity contribution >= 4 is 23.6 Å². The predicted molar refractivity (Wildman–Crippen MR) is 197 cm³/mol. The van der Waals surface area contributed by atoms with Crippen LogP contribution in [0.3, 0.4) is 0 Å². The summed E-state index contributed by atoms with van der Waals surface area (Å²) >= 11 is 0. The Morgan fingerprint density at radius 2 is 1.60 bits per heavy atom. The highest BCUT2D eigenvalue weighted by atomic mass is 16.5. The van der Waals surface area contributed by atoms with Crippen LogP contribution in [0.4, 0.5) is 0 Å². The SMILES string of the molecule is COc1cccc(CCCNC(=O)[C@@H]2CCC(=O)N[C@@H](Cc3ccc(O)cc3)C(=O)N(C)[C@H](Cc3ccccc3)COc3ccccc3C(=O)N2)c1. The van der Waals surface area contributed by atoms with Crippen molar-refractivity contribution in [1.82, 2.24) is 20.9 Å². The number of methoxy groups -OCH3 is 1. The normalized spacial score (nSPS) is 18.5. The molecule has 4 aromatic carbocycles. The summed E-state index contributed by atoms with van der Waals surface area (Å²) in [7, 11) is 3.29. The monoisotopic (exact) mass is 706 g/mol. The summed E-state index contributed by atoms with van der Waals surface area (Å²) in [6, 6.07) is 28.2. The molecule has 0 bridgehead atoms. The lowest BCUT2D eigenvalue weighted by Crippen LogP contribution is -2.53. The lowest BCUT2D eigenvalue weighted by atomic mass is 10.0. The zero-order chi connectivity index (χ0) is 36.9. The van der Waals surface area contributed by atoms with E-state index in [0.717, 1.165) is 22.4 Å². The number of hydrogen-bond donors (Lipinski definition) is 4. The van der Waals surface area contributed by atoms with Gasteiger partial charge in [0.05, 0.1) is 18.7 Å². The molecule has 272 valence electrons. The minimum atomic E-state index is -1.03. The van der Waals surface area contributed by atoms with E-state index < -0.39 is 35.8 Å². The molecule has 4 amide bonds. The number of para-hydroxylation sites is 1. The van der Waals surface area contributed by atoms with Gasteiger partial charge >= 0.3 is 0 Å². The second kappa shape index (κ2) is 18.4. The number of aryl methyl sites for hydroxylation is 1. The van der Waals surface area contributed by atoms with Gasteiger partial charge in [0.15, 0.2) is 0 Å². The van der Waals surface area contributed by atoms with E-state index in [0.29, 0.717) is 31.6 Å². The molecule has 1 aliphatic rings. The van der Waals surface area contributed by atoms with E-state index in [1.165, 1.54) is 12.1 Å². The van der Waals surface area contributed by atoms with E-state index in [-0.39, 0.29) is 43.1 Å². The van der Waals surface area contributed by atoms with Crippen LogP contribution in [0.2, 0.25) is 0 Å². The van der Waals surface area contributed by atoms with Gasteiger partial charge in [-0.15, -0.1) is 0 Å². The third-order valence-electron chi connectivity index (χ3n) is 9.14. The quantitative estimate of drug-likeness (QED) is 0.181. The molecule has 11 heteroatoms. The molecular weight excluding hydrogens is 660 g/mol. The minimum absolute atomic E-state index is 0.00505. The summed E-state index contributed by atoms with van der Waals surface area (Å²) in [5, 5.41) is 18.5. The topological polar surface area (TPSA) is 146 Å². The second-order valence-electron chi connectivity index (χ2n) is 12.9. The number of phenolic OH excluding ortho intramolecular Hbond substituents is 1. The molecule has 0 aromatic heterocycles. The van der Waals surface area contributed by atoms with Gasteiger partial charge in [-0.05, 0) is 78.8 Å². The molecule has 3 atom stereocenters. The number of amides is 4. The van der Waals surface area contributed by atoms with E-state index in [2.05, 4.69) is 16.0 Å². The summed E-state index contributed by atoms with van der Waals surface area (Å²) in [6.45, 7) is 0.408. The third kappa shape index (κ3) is 10.6. The number of benzene rings is 4. The Kier molecular flexibility index (Phi) is 13.2. The fourth-order valence-corrected chi connectivity index (χ4v) is 6.16. The van der Waals surface area contributed by atoms with Gasteiger partial charge in [0.1, 0.15) is 35.9 Å². The van der Waals surface area contributed by atoms with E-state index in [1.54, 1.807) is 55.5 Å². The van der Waals surface area contributed by atoms with Gasteiger partial charge in [-0.1, -0.05) is 66.7 Å². The number of likely N-dealkylation sites (N-methyl/N-ethyl adjacent to an activating group) is 1. The lowest BCUT2D eigenvalue weighted by Gasteiger charge is -2.32. The van der Waals surface area contributed by atoms with Gasteiger partial charge < -0.3 is 35.4 Å². The Hall–Kier alpha value is -5.84. The Morgan fingerprint density at radius 1 is 0.885 bits per heavy atom. The molecule has 4 N–H and O–H groups in total. The molecule has 52 heavy (non-hydrogen) atoms. The van der Waals surface area contributed by atoms with Gasteiger partial charge in [0.25, 0.3) is 5.91 Å². The molecule has 0 radical (unpaired) electrons. The molecule has 0 aliphatic carbocycles. The zero-order valence-corrected chi connectivity index (χ0v) is 29.5. The Morgan fingerprint density at radius 3 is 2.37 bits per heavy atom. The largest absolute Gasteiger partial charge is 0.508 e. The first-order valence-electron chi connectivity index (χ1n) is 17.5. The van der Waals surface area contributed by atoms with Crippen LogP contribution in [-0.4, -0.2) is 79.1 Å². The summed E-state index contributed by atoms with van der Waals surface area (Å²) < 4.78 is 11.6. The van der Waals surface area contributed by atoms with Crippen molar-refractivity contribution in [3.63, 3.8) is 0 Å². The smallest absolute Gasteiger partial charge is 0.255 e. The number of phenols is 1. The highest BCUT2D eigenvalue weighted by Gasteiger charge is 2.31. The number of nitrogens with one attached hydrogen (secondary N) is 3. The maximum atomic E-state index is 14.2. The molecule has 0 saturated carbocycles. The van der Waals surface area contributed by atoms with Crippen LogP contribution in [0.5, 0.6) is 17.2 Å². The number of ether oxygens (including phenoxy) is 2. The Balaban J connectivity index is 1.38. The fourth-order valence-electron chi connectivity index (χ4n) is 6.16. The van der Waals surface area contributed by atoms with Crippen molar-refractivity contribution in [3.8, 4) is 17.2 Å². The van der Waals surface area contributed by atoms with Crippen molar-refractivity contribution in [1.29, 1.82) is 0 Å². The van der Waals surface area contributed by atoms with Crippen LogP contribution < -0.4 is 25.4 Å². The number of carbonyl (C=O) groups excluding carboxylic acids is 4. The van der Waals surface area contributed by atoms with E-state index in [4.69, 9.17) is 9.47 Å². The van der Waals surface area contributed by atoms with Crippen molar-refractivity contribution in [2.45, 2.75) is 56.7 Å². The van der Waals surface area contributed by atoms with Crippen molar-refractivity contribution in [3.05, 3.63) is 125 Å². The average Bonchev–Trinajstić information content (AvgIpc) is 3.17. The van der Waals surface area contributed by atoms with Crippen LogP contribution >= 0.6 is 0 Å². The highest BCUT2D eigenvalue weighted by molar-refractivity contribution is 6.00. The molecule has 11 nitrogen and oxygen atoms in total. The zero-order valence-electron chi connectivity index (χ0n) is 29.5. The fraction of sp³-hybridized carbons (Fsp3) is 0.317. The van der Waals surface area contributed by atoms with Crippen LogP contribution in [0.15, 0.2) is 103 Å². The van der Waals surface area contributed by atoms with Crippen molar-refractivity contribution < 1.29 is 33.8 Å². The second-order valence-corrected chi connectivity index (χ2v) is 12.9. The highest BCUT2D eigenvalue weighted by Crippen LogP contribution is 2.22. The standard InChI is InChI=1S/C41H46N4O7/c1-45-31(24-28-10-4-3-5-11-28)27-52-37-16-7-6-15-34(37)39(48)44-35(40(49)42-23-9-13-29-12-8-14-33(25-29)51-2)21-22-38(47)43-36(41(45)50)26-30-17-19-32(46)20-18-30/h3-8,10-12,14-20,25,31,35-36,46H,9,13,21-24,26-27H2,1-2H3,(H,42,49)(H,43,47)(H,44,48)/t31-,35+,36+/m1/s1. The van der Waals surface area contributed by atoms with E-state index >= 15 is 0 Å². The van der Waals surface area contributed by atoms with Gasteiger partial charge in [-0.25, -0.2) is 0 Å². The number of fused-ring (bicyclic) bond motifs is 1. The maximum Gasteiger partial charge on any atom is 0.255 e. The van der Waals surface area contributed by atoms with Gasteiger partial charge in [0.2, 0.25) is 17.7 Å². The van der Waals surface area contributed by atoms with Crippen molar-refractivity contribution in [2.75, 3.05) is 27.3 Å². The van der Waals surface area contributed by atoms with Gasteiger partial charge in [-0.2, -0.15) is 0 Å². The number of rotatable bonds is 10. The first-order chi connectivity index (χ1) is 25.2. The number of nitrogens with zero attached hydrogens (tertiary/aromatic N) is 1. The lowest BCUT2D eigenvalue weighted by molar-refractivity contribution is -0.137. The van der Waals surface area contributed by atoms with Crippen LogP contribution in [-0.2, 0) is 33.6 Å². The number of aromatic hydroxyl groups is 1. The average molecular weight is 707 g/mol. The Bertz CT molecular complexity index is 1820. The molecule has 5 rings (SSSR count). The summed E-state index contributed by atoms with van der Waals surface area (Å²) in [6.07, 6.45) is 1.85. The molecule has 0 spiro atoms. The molecule has 1 heterocycles. The minimum Gasteiger partial charge on any atom is -0.508 e. The van der Waals surface area contributed by atoms with E-state index in [1.807, 2.05) is 54.6 Å². The Labute approximate surface area is 304 Å². The molecule has 0 unspecified atom stereocenters. The van der Waals surface area contributed by atoms with Crippen LogP contribution in [0, 0.1) is 0 Å². The molecule has 1 aliphatic heterocycles. The number of carbonyl (C=O) groups is 4. The van der Waals surface area contributed by atoms with Gasteiger partial charge in [-0.3, -0.25) is 19.2 Å². The summed E-state index contributed by atoms with van der Waals surface area (Å²) in [5.41, 5.74) is 3.02. The van der Waals surface area contributed by atoms with Crippen LogP contribution in [0.1, 0.15) is 46.3 Å². The van der Waals surface area contributed by atoms with Crippen molar-refractivity contribution in [2.24, 2.45) is 0 Å². The first kappa shape index (κ1) is 37.4. The molecule has 0 saturated heterocycles. The first-order valence-corrected chi connectivity index (χ1v) is 17.5. The number of hydrogen-bond acceptors (Lipinski definition) is 7. The van der Waals surface area contributed by atoms with Gasteiger partial charge in [0, 0.05) is 26.4 Å². The molecular formula is C41H46N4O7. The molecule has 4 aromatic rings. The summed E-state index contributed by atoms with van der Waals surface area (Å²) in [5.74, 6) is -0.556. The predicted octanol–water partition coefficient (Wildman–Crippen LogP) is 4.22.